The predicted octanol–water partition coefficient (Wildman–Crippen LogP) is 1.41. The van der Waals surface area contributed by atoms with Gasteiger partial charge in [-0.05, 0) is 25.0 Å². The minimum Gasteiger partial charge on any atom is -0.396 e. The molecule has 2 heterocycles. The Hall–Kier alpha value is -1.84. The molecule has 0 spiro atoms. The Balaban J connectivity index is 2.02. The van der Waals surface area contributed by atoms with Gasteiger partial charge in [0.15, 0.2) is 0 Å². The molecular weight excluding hydrogens is 188 g/mol. The summed E-state index contributed by atoms with van der Waals surface area (Å²) in [4.78, 5) is 4.07. The van der Waals surface area contributed by atoms with Crippen LogP contribution in [0.5, 0.6) is 0 Å². The van der Waals surface area contributed by atoms with Crippen LogP contribution in [0.4, 0.5) is 5.69 Å². The van der Waals surface area contributed by atoms with Crippen molar-refractivity contribution in [3.63, 3.8) is 0 Å². The molecule has 0 saturated carbocycles. The van der Waals surface area contributed by atoms with Crippen molar-refractivity contribution in [3.05, 3.63) is 42.0 Å². The van der Waals surface area contributed by atoms with Crippen LogP contribution in [0, 0.1) is 6.92 Å². The van der Waals surface area contributed by atoms with E-state index in [1.54, 1.807) is 12.4 Å². The number of aromatic nitrogens is 3. The molecule has 2 N–H and O–H groups in total. The van der Waals surface area contributed by atoms with Gasteiger partial charge in [-0.3, -0.25) is 9.67 Å². The van der Waals surface area contributed by atoms with E-state index in [-0.39, 0.29) is 0 Å². The Morgan fingerprint density at radius 1 is 1.40 bits per heavy atom. The second kappa shape index (κ2) is 4.13. The van der Waals surface area contributed by atoms with Crippen molar-refractivity contribution in [1.82, 2.24) is 14.8 Å². The van der Waals surface area contributed by atoms with Crippen LogP contribution in [0.1, 0.15) is 11.3 Å². The molecule has 4 nitrogen and oxygen atoms in total. The standard InChI is InChI=1S/C11H14N4/c1-9-11(12)8-14-15(9)6-4-10-3-2-5-13-7-10/h2-3,5,7-8H,4,6,12H2,1H3. The molecule has 0 bridgehead atoms. The van der Waals surface area contributed by atoms with E-state index in [4.69, 9.17) is 5.73 Å². The Kier molecular flexibility index (Phi) is 2.67. The summed E-state index contributed by atoms with van der Waals surface area (Å²) in [5.74, 6) is 0. The number of anilines is 1. The lowest BCUT2D eigenvalue weighted by atomic mass is 10.2. The molecule has 0 aliphatic rings. The number of hydrogen-bond acceptors (Lipinski definition) is 3. The molecular formula is C11H14N4. The first-order valence-corrected chi connectivity index (χ1v) is 4.94. The van der Waals surface area contributed by atoms with E-state index in [1.165, 1.54) is 5.56 Å². The number of pyridine rings is 1. The largest absolute Gasteiger partial charge is 0.396 e. The van der Waals surface area contributed by atoms with E-state index in [0.29, 0.717) is 0 Å². The highest BCUT2D eigenvalue weighted by Gasteiger charge is 2.02. The van der Waals surface area contributed by atoms with Crippen molar-refractivity contribution in [2.45, 2.75) is 19.9 Å². The molecule has 15 heavy (non-hydrogen) atoms. The van der Waals surface area contributed by atoms with Crippen molar-refractivity contribution < 1.29 is 0 Å². The molecule has 0 aliphatic heterocycles. The van der Waals surface area contributed by atoms with Crippen LogP contribution < -0.4 is 5.73 Å². The van der Waals surface area contributed by atoms with Gasteiger partial charge in [0.1, 0.15) is 0 Å². The summed E-state index contributed by atoms with van der Waals surface area (Å²) in [6.07, 6.45) is 6.28. The third-order valence-electron chi connectivity index (χ3n) is 2.48. The zero-order valence-electron chi connectivity index (χ0n) is 8.72. The molecule has 0 radical (unpaired) electrons. The first-order chi connectivity index (χ1) is 7.27. The lowest BCUT2D eigenvalue weighted by molar-refractivity contribution is 0.598. The maximum absolute atomic E-state index is 5.71. The average Bonchev–Trinajstić information content (AvgIpc) is 2.59. The summed E-state index contributed by atoms with van der Waals surface area (Å²) in [6, 6.07) is 4.01. The fourth-order valence-corrected chi connectivity index (χ4v) is 1.47. The van der Waals surface area contributed by atoms with Gasteiger partial charge >= 0.3 is 0 Å². The molecule has 0 fully saturated rings. The molecule has 0 saturated heterocycles. The maximum atomic E-state index is 5.71. The van der Waals surface area contributed by atoms with Crippen molar-refractivity contribution in [3.8, 4) is 0 Å². The predicted molar refractivity (Wildman–Crippen MR) is 59.3 cm³/mol. The lowest BCUT2D eigenvalue weighted by Crippen LogP contribution is -2.05. The Morgan fingerprint density at radius 3 is 2.87 bits per heavy atom. The first-order valence-electron chi connectivity index (χ1n) is 4.94. The number of nitrogen functional groups attached to an aromatic ring is 1. The SMILES string of the molecule is Cc1c(N)cnn1CCc1cccnc1. The number of aryl methyl sites for hydroxylation is 2. The van der Waals surface area contributed by atoms with E-state index < -0.39 is 0 Å². The van der Waals surface area contributed by atoms with Crippen LogP contribution in [-0.2, 0) is 13.0 Å². The molecule has 2 rings (SSSR count). The van der Waals surface area contributed by atoms with Crippen LogP contribution in [0.25, 0.3) is 0 Å². The maximum Gasteiger partial charge on any atom is 0.0730 e. The van der Waals surface area contributed by atoms with Gasteiger partial charge in [0, 0.05) is 18.9 Å². The summed E-state index contributed by atoms with van der Waals surface area (Å²) in [6.45, 7) is 2.82. The normalized spacial score (nSPS) is 10.5. The Labute approximate surface area is 88.8 Å². The van der Waals surface area contributed by atoms with Gasteiger partial charge in [-0.25, -0.2) is 0 Å². The summed E-state index contributed by atoms with van der Waals surface area (Å²) in [7, 11) is 0. The highest BCUT2D eigenvalue weighted by molar-refractivity contribution is 5.39. The topological polar surface area (TPSA) is 56.7 Å². The Morgan fingerprint density at radius 2 is 2.27 bits per heavy atom. The third kappa shape index (κ3) is 2.15. The molecule has 0 amide bonds. The van der Waals surface area contributed by atoms with Gasteiger partial charge in [0.25, 0.3) is 0 Å². The fourth-order valence-electron chi connectivity index (χ4n) is 1.47. The fraction of sp³-hybridized carbons (Fsp3) is 0.273. The van der Waals surface area contributed by atoms with Gasteiger partial charge in [0.2, 0.25) is 0 Å². The summed E-state index contributed by atoms with van der Waals surface area (Å²) >= 11 is 0. The van der Waals surface area contributed by atoms with E-state index in [0.717, 1.165) is 24.3 Å². The quantitative estimate of drug-likeness (QED) is 0.818. The van der Waals surface area contributed by atoms with Crippen molar-refractivity contribution in [1.29, 1.82) is 0 Å². The van der Waals surface area contributed by atoms with E-state index in [1.807, 2.05) is 23.9 Å². The van der Waals surface area contributed by atoms with E-state index in [2.05, 4.69) is 16.1 Å². The lowest BCUT2D eigenvalue weighted by Gasteiger charge is -2.04. The van der Waals surface area contributed by atoms with Crippen molar-refractivity contribution in [2.75, 3.05) is 5.73 Å². The van der Waals surface area contributed by atoms with E-state index in [9.17, 15) is 0 Å². The summed E-state index contributed by atoms with van der Waals surface area (Å²) in [5.41, 5.74) is 8.71. The summed E-state index contributed by atoms with van der Waals surface area (Å²) < 4.78 is 1.92. The van der Waals surface area contributed by atoms with Crippen LogP contribution >= 0.6 is 0 Å². The Bertz CT molecular complexity index is 433. The molecule has 4 heteroatoms. The molecule has 0 atom stereocenters. The number of nitrogens with two attached hydrogens (primary N) is 1. The van der Waals surface area contributed by atoms with Gasteiger partial charge in [-0.1, -0.05) is 6.07 Å². The second-order valence-electron chi connectivity index (χ2n) is 3.52. The zero-order valence-corrected chi connectivity index (χ0v) is 8.72. The second-order valence-corrected chi connectivity index (χ2v) is 3.52. The minimum atomic E-state index is 0.751. The van der Waals surface area contributed by atoms with Crippen LogP contribution in [0.2, 0.25) is 0 Å². The minimum absolute atomic E-state index is 0.751. The molecule has 2 aromatic rings. The number of nitrogens with zero attached hydrogens (tertiary/aromatic N) is 3. The summed E-state index contributed by atoms with van der Waals surface area (Å²) in [5, 5.41) is 4.20. The monoisotopic (exact) mass is 202 g/mol. The van der Waals surface area contributed by atoms with E-state index >= 15 is 0 Å². The van der Waals surface area contributed by atoms with Crippen LogP contribution in [0.3, 0.4) is 0 Å². The zero-order chi connectivity index (χ0) is 10.7. The first kappa shape index (κ1) is 9.71. The highest BCUT2D eigenvalue weighted by Crippen LogP contribution is 2.09. The average molecular weight is 202 g/mol. The van der Waals surface area contributed by atoms with Gasteiger partial charge in [0.05, 0.1) is 17.6 Å². The third-order valence-corrected chi connectivity index (χ3v) is 2.48. The van der Waals surface area contributed by atoms with Gasteiger partial charge in [-0.2, -0.15) is 5.10 Å². The molecule has 0 aliphatic carbocycles. The number of hydrogen-bond donors (Lipinski definition) is 1. The number of rotatable bonds is 3. The van der Waals surface area contributed by atoms with Gasteiger partial charge in [-0.15, -0.1) is 0 Å². The van der Waals surface area contributed by atoms with Crippen molar-refractivity contribution >= 4 is 5.69 Å². The molecule has 78 valence electrons. The van der Waals surface area contributed by atoms with Gasteiger partial charge < -0.3 is 5.73 Å². The van der Waals surface area contributed by atoms with Crippen molar-refractivity contribution in [2.24, 2.45) is 0 Å². The van der Waals surface area contributed by atoms with Crippen LogP contribution in [-0.4, -0.2) is 14.8 Å². The molecule has 0 aromatic carbocycles. The molecule has 0 unspecified atom stereocenters. The smallest absolute Gasteiger partial charge is 0.0730 e. The highest BCUT2D eigenvalue weighted by atomic mass is 15.3. The molecule has 2 aromatic heterocycles. The van der Waals surface area contributed by atoms with Crippen LogP contribution in [0.15, 0.2) is 30.7 Å².